The summed E-state index contributed by atoms with van der Waals surface area (Å²) in [7, 11) is 0. The topological polar surface area (TPSA) is 29.1 Å². The van der Waals surface area contributed by atoms with Crippen LogP contribution in [0.1, 0.15) is 28.8 Å². The van der Waals surface area contributed by atoms with E-state index < -0.39 is 0 Å². The smallest absolute Gasteiger partial charge is 0.252 e. The quantitative estimate of drug-likeness (QED) is 0.461. The highest BCUT2D eigenvalue weighted by Gasteiger charge is 2.09. The molecule has 0 aliphatic carbocycles. The Morgan fingerprint density at radius 1 is 1.44 bits per heavy atom. The molecule has 4 heteroatoms. The second-order valence-electron chi connectivity index (χ2n) is 3.59. The van der Waals surface area contributed by atoms with Gasteiger partial charge in [-0.25, -0.2) is 0 Å². The summed E-state index contributed by atoms with van der Waals surface area (Å²) in [5.74, 6) is 0.0303. The summed E-state index contributed by atoms with van der Waals surface area (Å²) in [6.07, 6.45) is 2.10. The first-order valence-corrected chi connectivity index (χ1v) is 7.46. The van der Waals surface area contributed by atoms with Crippen molar-refractivity contribution < 1.29 is 4.79 Å². The molecule has 1 amide bonds. The monoisotopic (exact) mass is 395 g/mol. The number of carbonyl (C=O) groups excluding carboxylic acids is 1. The first-order valence-electron chi connectivity index (χ1n) is 5.26. The van der Waals surface area contributed by atoms with Crippen LogP contribution in [0.4, 0.5) is 0 Å². The highest BCUT2D eigenvalue weighted by atomic mass is 127. The van der Waals surface area contributed by atoms with Crippen LogP contribution in [0.25, 0.3) is 0 Å². The van der Waals surface area contributed by atoms with Crippen molar-refractivity contribution in [1.82, 2.24) is 5.32 Å². The normalized spacial score (nSPS) is 10.2. The molecular weight excluding hydrogens is 381 g/mol. The number of halogens is 2. The highest BCUT2D eigenvalue weighted by Crippen LogP contribution is 2.16. The molecule has 2 nitrogen and oxygen atoms in total. The maximum Gasteiger partial charge on any atom is 0.252 e. The van der Waals surface area contributed by atoms with Gasteiger partial charge in [0.15, 0.2) is 0 Å². The molecule has 0 spiro atoms. The maximum atomic E-state index is 11.9. The van der Waals surface area contributed by atoms with E-state index in [4.69, 9.17) is 0 Å². The lowest BCUT2D eigenvalue weighted by Gasteiger charge is -2.08. The van der Waals surface area contributed by atoms with Crippen LogP contribution in [0.15, 0.2) is 18.2 Å². The average molecular weight is 396 g/mol. The lowest BCUT2D eigenvalue weighted by molar-refractivity contribution is 0.0952. The van der Waals surface area contributed by atoms with Crippen molar-refractivity contribution >= 4 is 44.4 Å². The number of carbonyl (C=O) groups is 1. The SMILES string of the molecule is Cc1cccc(C(=O)NCCCCBr)c1I. The molecule has 16 heavy (non-hydrogen) atoms. The van der Waals surface area contributed by atoms with Crippen LogP contribution in [0.5, 0.6) is 0 Å². The summed E-state index contributed by atoms with van der Waals surface area (Å²) in [6, 6.07) is 5.81. The minimum absolute atomic E-state index is 0.0303. The Hall–Kier alpha value is -0.100. The second kappa shape index (κ2) is 7.27. The van der Waals surface area contributed by atoms with E-state index in [0.717, 1.165) is 39.4 Å². The van der Waals surface area contributed by atoms with Gasteiger partial charge in [0, 0.05) is 15.4 Å². The van der Waals surface area contributed by atoms with Gasteiger partial charge in [0.2, 0.25) is 0 Å². The number of alkyl halides is 1. The van der Waals surface area contributed by atoms with E-state index in [-0.39, 0.29) is 5.91 Å². The molecule has 1 aromatic rings. The van der Waals surface area contributed by atoms with Gasteiger partial charge in [-0.1, -0.05) is 28.1 Å². The van der Waals surface area contributed by atoms with Gasteiger partial charge in [-0.05, 0) is 54.0 Å². The van der Waals surface area contributed by atoms with Gasteiger partial charge in [0.05, 0.1) is 5.56 Å². The Labute approximate surface area is 118 Å². The van der Waals surface area contributed by atoms with Crippen molar-refractivity contribution in [2.45, 2.75) is 19.8 Å². The van der Waals surface area contributed by atoms with Crippen LogP contribution >= 0.6 is 38.5 Å². The Kier molecular flexibility index (Phi) is 6.34. The lowest BCUT2D eigenvalue weighted by atomic mass is 10.1. The predicted octanol–water partition coefficient (Wildman–Crippen LogP) is 3.50. The largest absolute Gasteiger partial charge is 0.352 e. The van der Waals surface area contributed by atoms with Gasteiger partial charge in [0.1, 0.15) is 0 Å². The minimum Gasteiger partial charge on any atom is -0.352 e. The van der Waals surface area contributed by atoms with Gasteiger partial charge in [0.25, 0.3) is 5.91 Å². The van der Waals surface area contributed by atoms with Gasteiger partial charge in [-0.2, -0.15) is 0 Å². The molecule has 1 N–H and O–H groups in total. The minimum atomic E-state index is 0.0303. The van der Waals surface area contributed by atoms with Crippen LogP contribution in [-0.2, 0) is 0 Å². The fourth-order valence-corrected chi connectivity index (χ4v) is 2.34. The average Bonchev–Trinajstić information content (AvgIpc) is 2.28. The highest BCUT2D eigenvalue weighted by molar-refractivity contribution is 14.1. The Balaban J connectivity index is 2.56. The Morgan fingerprint density at radius 2 is 2.19 bits per heavy atom. The van der Waals surface area contributed by atoms with Crippen molar-refractivity contribution in [2.75, 3.05) is 11.9 Å². The van der Waals surface area contributed by atoms with Crippen LogP contribution in [0, 0.1) is 10.5 Å². The second-order valence-corrected chi connectivity index (χ2v) is 5.46. The standard InChI is InChI=1S/C12H15BrINO/c1-9-5-4-6-10(11(9)14)12(16)15-8-3-2-7-13/h4-6H,2-3,7-8H2,1H3,(H,15,16). The maximum absolute atomic E-state index is 11.9. The third kappa shape index (κ3) is 4.05. The first-order chi connectivity index (χ1) is 7.66. The Morgan fingerprint density at radius 3 is 2.88 bits per heavy atom. The number of benzene rings is 1. The van der Waals surface area contributed by atoms with Crippen molar-refractivity contribution in [3.63, 3.8) is 0 Å². The van der Waals surface area contributed by atoms with E-state index in [1.54, 1.807) is 0 Å². The molecule has 0 bridgehead atoms. The zero-order valence-electron chi connectivity index (χ0n) is 9.22. The molecule has 0 saturated heterocycles. The number of unbranched alkanes of at least 4 members (excludes halogenated alkanes) is 1. The molecule has 0 fully saturated rings. The number of rotatable bonds is 5. The molecule has 88 valence electrons. The molecule has 1 rings (SSSR count). The van der Waals surface area contributed by atoms with Crippen LogP contribution in [-0.4, -0.2) is 17.8 Å². The summed E-state index contributed by atoms with van der Waals surface area (Å²) < 4.78 is 1.04. The molecule has 0 unspecified atom stereocenters. The molecule has 0 aliphatic heterocycles. The van der Waals surface area contributed by atoms with Gasteiger partial charge >= 0.3 is 0 Å². The number of hydrogen-bond donors (Lipinski definition) is 1. The zero-order chi connectivity index (χ0) is 12.0. The fraction of sp³-hybridized carbons (Fsp3) is 0.417. The summed E-state index contributed by atoms with van der Waals surface area (Å²) in [5, 5.41) is 3.93. The summed E-state index contributed by atoms with van der Waals surface area (Å²) in [6.45, 7) is 2.76. The summed E-state index contributed by atoms with van der Waals surface area (Å²) in [5.41, 5.74) is 1.92. The molecule has 0 aromatic heterocycles. The van der Waals surface area contributed by atoms with Crippen molar-refractivity contribution in [1.29, 1.82) is 0 Å². The van der Waals surface area contributed by atoms with E-state index in [1.165, 1.54) is 0 Å². The van der Waals surface area contributed by atoms with Crippen LogP contribution in [0.3, 0.4) is 0 Å². The first kappa shape index (κ1) is 14.0. The molecule has 0 heterocycles. The van der Waals surface area contributed by atoms with Crippen LogP contribution in [0.2, 0.25) is 0 Å². The summed E-state index contributed by atoms with van der Waals surface area (Å²) >= 11 is 5.59. The number of hydrogen-bond acceptors (Lipinski definition) is 1. The zero-order valence-corrected chi connectivity index (χ0v) is 13.0. The van der Waals surface area contributed by atoms with E-state index in [9.17, 15) is 4.79 Å². The number of aryl methyl sites for hydroxylation is 1. The number of amides is 1. The van der Waals surface area contributed by atoms with Crippen molar-refractivity contribution in [2.24, 2.45) is 0 Å². The Bertz CT molecular complexity index is 368. The fourth-order valence-electron chi connectivity index (χ4n) is 1.34. The predicted molar refractivity (Wildman–Crippen MR) is 79.3 cm³/mol. The molecule has 0 atom stereocenters. The van der Waals surface area contributed by atoms with E-state index in [2.05, 4.69) is 43.8 Å². The van der Waals surface area contributed by atoms with Crippen LogP contribution < -0.4 is 5.32 Å². The third-order valence-corrected chi connectivity index (χ3v) is 4.28. The van der Waals surface area contributed by atoms with Gasteiger partial charge in [-0.15, -0.1) is 0 Å². The van der Waals surface area contributed by atoms with E-state index in [0.29, 0.717) is 0 Å². The van der Waals surface area contributed by atoms with Gasteiger partial charge in [-0.3, -0.25) is 4.79 Å². The summed E-state index contributed by atoms with van der Waals surface area (Å²) in [4.78, 5) is 11.9. The molecule has 1 aromatic carbocycles. The van der Waals surface area contributed by atoms with E-state index >= 15 is 0 Å². The molecule has 0 saturated carbocycles. The lowest BCUT2D eigenvalue weighted by Crippen LogP contribution is -2.25. The third-order valence-electron chi connectivity index (χ3n) is 2.28. The molecular formula is C12H15BrINO. The van der Waals surface area contributed by atoms with E-state index in [1.807, 2.05) is 25.1 Å². The van der Waals surface area contributed by atoms with Crippen molar-refractivity contribution in [3.05, 3.63) is 32.9 Å². The molecule has 0 aliphatic rings. The molecule has 0 radical (unpaired) electrons. The van der Waals surface area contributed by atoms with Gasteiger partial charge < -0.3 is 5.32 Å². The number of nitrogens with one attached hydrogen (secondary N) is 1. The van der Waals surface area contributed by atoms with Crippen molar-refractivity contribution in [3.8, 4) is 0 Å².